The summed E-state index contributed by atoms with van der Waals surface area (Å²) in [6.45, 7) is 6.71. The van der Waals surface area contributed by atoms with Crippen molar-refractivity contribution in [2.75, 3.05) is 11.9 Å². The number of carboxylic acid groups (broad SMARTS) is 1. The minimum Gasteiger partial charge on any atom is -0.478 e. The van der Waals surface area contributed by atoms with E-state index in [1.54, 1.807) is 29.0 Å². The van der Waals surface area contributed by atoms with Crippen LogP contribution in [-0.4, -0.2) is 27.6 Å². The number of pyridine rings is 1. The molecule has 5 nitrogen and oxygen atoms in total. The van der Waals surface area contributed by atoms with Gasteiger partial charge < -0.3 is 10.4 Å². The van der Waals surface area contributed by atoms with E-state index in [4.69, 9.17) is 0 Å². The molecule has 0 saturated carbocycles. The third kappa shape index (κ3) is 4.26. The van der Waals surface area contributed by atoms with E-state index in [1.165, 1.54) is 0 Å². The highest BCUT2D eigenvalue weighted by molar-refractivity contribution is 7.07. The Bertz CT molecular complexity index is 618. The zero-order chi connectivity index (χ0) is 15.5. The molecule has 2 N–H and O–H groups in total. The fraction of sp³-hybridized carbons (Fsp3) is 0.400. The summed E-state index contributed by atoms with van der Waals surface area (Å²) in [7, 11) is 0. The molecule has 0 spiro atoms. The van der Waals surface area contributed by atoms with E-state index < -0.39 is 5.97 Å². The molecule has 0 saturated heterocycles. The summed E-state index contributed by atoms with van der Waals surface area (Å²) in [5.41, 5.74) is 3.65. The molecule has 0 atom stereocenters. The Labute approximate surface area is 128 Å². The van der Waals surface area contributed by atoms with Gasteiger partial charge in [0.2, 0.25) is 0 Å². The van der Waals surface area contributed by atoms with Crippen LogP contribution in [0.4, 0.5) is 5.82 Å². The van der Waals surface area contributed by atoms with Gasteiger partial charge in [-0.15, -0.1) is 11.3 Å². The van der Waals surface area contributed by atoms with Crippen LogP contribution >= 0.6 is 11.3 Å². The van der Waals surface area contributed by atoms with E-state index in [-0.39, 0.29) is 11.0 Å². The quantitative estimate of drug-likeness (QED) is 0.887. The minimum absolute atomic E-state index is 0.198. The van der Waals surface area contributed by atoms with E-state index in [0.29, 0.717) is 12.4 Å². The highest BCUT2D eigenvalue weighted by Gasteiger charge is 2.19. The Hall–Kier alpha value is -1.95. The highest BCUT2D eigenvalue weighted by Crippen LogP contribution is 2.23. The molecular weight excluding hydrogens is 286 g/mol. The van der Waals surface area contributed by atoms with Gasteiger partial charge in [-0.05, 0) is 12.1 Å². The Morgan fingerprint density at radius 1 is 1.38 bits per heavy atom. The molecule has 0 bridgehead atoms. The molecule has 2 aromatic rings. The lowest BCUT2D eigenvalue weighted by atomic mass is 9.91. The summed E-state index contributed by atoms with van der Waals surface area (Å²) in [5, 5.41) is 14.4. The first-order valence-electron chi connectivity index (χ1n) is 6.73. The largest absolute Gasteiger partial charge is 0.478 e. The van der Waals surface area contributed by atoms with Gasteiger partial charge in [-0.25, -0.2) is 14.8 Å². The van der Waals surface area contributed by atoms with Crippen LogP contribution in [-0.2, 0) is 11.8 Å². The summed E-state index contributed by atoms with van der Waals surface area (Å²) in [6, 6.07) is 3.20. The number of anilines is 1. The lowest BCUT2D eigenvalue weighted by Crippen LogP contribution is -2.17. The van der Waals surface area contributed by atoms with Crippen LogP contribution in [0.15, 0.2) is 23.0 Å². The molecule has 21 heavy (non-hydrogen) atoms. The van der Waals surface area contributed by atoms with Crippen molar-refractivity contribution in [2.45, 2.75) is 32.6 Å². The van der Waals surface area contributed by atoms with Gasteiger partial charge in [-0.1, -0.05) is 20.8 Å². The number of aromatic nitrogens is 2. The fourth-order valence-corrected chi connectivity index (χ4v) is 2.40. The van der Waals surface area contributed by atoms with E-state index >= 15 is 0 Å². The number of thiazole rings is 1. The van der Waals surface area contributed by atoms with Crippen molar-refractivity contribution >= 4 is 23.1 Å². The zero-order valence-corrected chi connectivity index (χ0v) is 13.2. The molecule has 0 aliphatic rings. The van der Waals surface area contributed by atoms with Gasteiger partial charge in [0, 0.05) is 29.5 Å². The molecule has 2 heterocycles. The SMILES string of the molecule is CC(C)(C)c1cc(C(=O)O)cc(NCCc2cscn2)n1. The summed E-state index contributed by atoms with van der Waals surface area (Å²) in [4.78, 5) is 20.0. The van der Waals surface area contributed by atoms with Crippen LogP contribution in [0.2, 0.25) is 0 Å². The van der Waals surface area contributed by atoms with Crippen LogP contribution in [0.25, 0.3) is 0 Å². The Kier molecular flexibility index (Phi) is 4.57. The molecule has 0 unspecified atom stereocenters. The molecule has 2 aromatic heterocycles. The number of carboxylic acids is 1. The Morgan fingerprint density at radius 3 is 2.71 bits per heavy atom. The van der Waals surface area contributed by atoms with Gasteiger partial charge in [0.15, 0.2) is 0 Å². The minimum atomic E-state index is -0.939. The van der Waals surface area contributed by atoms with Crippen LogP contribution in [0.1, 0.15) is 42.5 Å². The van der Waals surface area contributed by atoms with Crippen LogP contribution in [0.3, 0.4) is 0 Å². The van der Waals surface area contributed by atoms with E-state index in [2.05, 4.69) is 15.3 Å². The number of hydrogen-bond donors (Lipinski definition) is 2. The number of rotatable bonds is 5. The third-order valence-corrected chi connectivity index (χ3v) is 3.65. The second kappa shape index (κ2) is 6.22. The maximum Gasteiger partial charge on any atom is 0.335 e. The molecule has 0 amide bonds. The van der Waals surface area contributed by atoms with E-state index in [9.17, 15) is 9.90 Å². The summed E-state index contributed by atoms with van der Waals surface area (Å²) in [5.74, 6) is -0.347. The zero-order valence-electron chi connectivity index (χ0n) is 12.4. The maximum atomic E-state index is 11.2. The molecule has 6 heteroatoms. The van der Waals surface area contributed by atoms with E-state index in [0.717, 1.165) is 17.8 Å². The van der Waals surface area contributed by atoms with Crippen LogP contribution in [0, 0.1) is 0 Å². The highest BCUT2D eigenvalue weighted by atomic mass is 32.1. The van der Waals surface area contributed by atoms with Crippen molar-refractivity contribution in [3.63, 3.8) is 0 Å². The van der Waals surface area contributed by atoms with Gasteiger partial charge in [-0.2, -0.15) is 0 Å². The maximum absolute atomic E-state index is 11.2. The van der Waals surface area contributed by atoms with Crippen molar-refractivity contribution in [3.05, 3.63) is 40.0 Å². The standard InChI is InChI=1S/C15H19N3O2S/c1-15(2,3)12-6-10(14(19)20)7-13(18-12)16-5-4-11-8-21-9-17-11/h6-9H,4-5H2,1-3H3,(H,16,18)(H,19,20). The number of carbonyl (C=O) groups is 1. The Balaban J connectivity index is 2.14. The predicted octanol–water partition coefficient (Wildman–Crippen LogP) is 3.19. The Morgan fingerprint density at radius 2 is 2.14 bits per heavy atom. The number of aromatic carboxylic acids is 1. The molecule has 0 fully saturated rings. The van der Waals surface area contributed by atoms with Crippen molar-refractivity contribution < 1.29 is 9.90 Å². The van der Waals surface area contributed by atoms with Crippen molar-refractivity contribution in [2.24, 2.45) is 0 Å². The molecule has 0 radical (unpaired) electrons. The van der Waals surface area contributed by atoms with Gasteiger partial charge in [-0.3, -0.25) is 0 Å². The molecule has 2 rings (SSSR count). The second-order valence-corrected chi connectivity index (χ2v) is 6.56. The predicted molar refractivity (Wildman–Crippen MR) is 84.2 cm³/mol. The summed E-state index contributed by atoms with van der Waals surface area (Å²) < 4.78 is 0. The van der Waals surface area contributed by atoms with Gasteiger partial charge >= 0.3 is 5.97 Å². The smallest absolute Gasteiger partial charge is 0.335 e. The molecule has 0 aromatic carbocycles. The van der Waals surface area contributed by atoms with Gasteiger partial charge in [0.25, 0.3) is 0 Å². The van der Waals surface area contributed by atoms with Gasteiger partial charge in [0.1, 0.15) is 5.82 Å². The topological polar surface area (TPSA) is 75.1 Å². The first-order valence-corrected chi connectivity index (χ1v) is 7.67. The number of nitrogens with one attached hydrogen (secondary N) is 1. The van der Waals surface area contributed by atoms with Crippen LogP contribution in [0.5, 0.6) is 0 Å². The van der Waals surface area contributed by atoms with Gasteiger partial charge in [0.05, 0.1) is 16.8 Å². The first kappa shape index (κ1) is 15.4. The lowest BCUT2D eigenvalue weighted by Gasteiger charge is -2.19. The van der Waals surface area contributed by atoms with E-state index in [1.807, 2.05) is 26.2 Å². The molecule has 0 aliphatic heterocycles. The first-order chi connectivity index (χ1) is 9.86. The molecule has 0 aliphatic carbocycles. The number of nitrogens with zero attached hydrogens (tertiary/aromatic N) is 2. The normalized spacial score (nSPS) is 11.4. The average Bonchev–Trinajstić information content (AvgIpc) is 2.90. The lowest BCUT2D eigenvalue weighted by molar-refractivity contribution is 0.0696. The summed E-state index contributed by atoms with van der Waals surface area (Å²) in [6.07, 6.45) is 0.785. The van der Waals surface area contributed by atoms with Crippen LogP contribution < -0.4 is 5.32 Å². The van der Waals surface area contributed by atoms with Crippen molar-refractivity contribution in [1.29, 1.82) is 0 Å². The molecule has 112 valence electrons. The third-order valence-electron chi connectivity index (χ3n) is 3.01. The average molecular weight is 305 g/mol. The second-order valence-electron chi connectivity index (χ2n) is 5.84. The summed E-state index contributed by atoms with van der Waals surface area (Å²) >= 11 is 1.57. The molecular formula is C15H19N3O2S. The monoisotopic (exact) mass is 305 g/mol. The fourth-order valence-electron chi connectivity index (χ4n) is 1.81. The van der Waals surface area contributed by atoms with Crippen molar-refractivity contribution in [1.82, 2.24) is 9.97 Å². The number of hydrogen-bond acceptors (Lipinski definition) is 5. The van der Waals surface area contributed by atoms with Crippen molar-refractivity contribution in [3.8, 4) is 0 Å².